The van der Waals surface area contributed by atoms with Gasteiger partial charge in [0.15, 0.2) is 0 Å². The zero-order chi connectivity index (χ0) is 16.7. The van der Waals surface area contributed by atoms with Gasteiger partial charge < -0.3 is 15.4 Å². The number of carbonyl (C=O) groups excluding carboxylic acids is 1. The summed E-state index contributed by atoms with van der Waals surface area (Å²) in [5.74, 6) is 0.852. The third kappa shape index (κ3) is 5.94. The molecule has 0 aromatic heterocycles. The van der Waals surface area contributed by atoms with Crippen molar-refractivity contribution in [3.05, 3.63) is 58.1 Å². The number of hydrogen-bond acceptors (Lipinski definition) is 2. The quantitative estimate of drug-likeness (QED) is 0.720. The molecule has 0 bridgehead atoms. The van der Waals surface area contributed by atoms with Gasteiger partial charge in [0.25, 0.3) is 0 Å². The van der Waals surface area contributed by atoms with E-state index in [0.29, 0.717) is 13.2 Å². The van der Waals surface area contributed by atoms with Gasteiger partial charge in [-0.05, 0) is 56.2 Å². The number of ether oxygens (including phenoxy) is 1. The fourth-order valence-electron chi connectivity index (χ4n) is 2.03. The van der Waals surface area contributed by atoms with E-state index in [1.165, 1.54) is 5.56 Å². The first-order chi connectivity index (χ1) is 11.0. The highest BCUT2D eigenvalue weighted by atomic mass is 79.9. The van der Waals surface area contributed by atoms with Crippen LogP contribution in [-0.2, 0) is 0 Å². The maximum Gasteiger partial charge on any atom is 0.319 e. The van der Waals surface area contributed by atoms with Gasteiger partial charge in [0.05, 0.1) is 6.61 Å². The van der Waals surface area contributed by atoms with Crippen LogP contribution < -0.4 is 15.4 Å². The Morgan fingerprint density at radius 2 is 1.87 bits per heavy atom. The van der Waals surface area contributed by atoms with Crippen molar-refractivity contribution in [2.45, 2.75) is 20.3 Å². The predicted octanol–water partition coefficient (Wildman–Crippen LogP) is 4.66. The lowest BCUT2D eigenvalue weighted by Crippen LogP contribution is -2.30. The molecule has 2 aromatic rings. The molecular weight excluding hydrogens is 356 g/mol. The molecule has 0 aliphatic rings. The Morgan fingerprint density at radius 3 is 2.57 bits per heavy atom. The van der Waals surface area contributed by atoms with Gasteiger partial charge >= 0.3 is 6.03 Å². The highest BCUT2D eigenvalue weighted by Crippen LogP contribution is 2.19. The summed E-state index contributed by atoms with van der Waals surface area (Å²) in [6.45, 7) is 5.13. The standard InChI is InChI=1S/C18H21BrN2O2/c1-13-4-7-16(8-5-13)23-11-3-10-20-18(22)21-17-9-6-15(19)12-14(17)2/h4-9,12H,3,10-11H2,1-2H3,(H2,20,21,22). The monoisotopic (exact) mass is 376 g/mol. The van der Waals surface area contributed by atoms with Crippen LogP contribution in [0.4, 0.5) is 10.5 Å². The Balaban J connectivity index is 1.65. The molecule has 0 saturated carbocycles. The van der Waals surface area contributed by atoms with Gasteiger partial charge in [0.2, 0.25) is 0 Å². The lowest BCUT2D eigenvalue weighted by molar-refractivity contribution is 0.250. The fourth-order valence-corrected chi connectivity index (χ4v) is 2.51. The molecule has 2 rings (SSSR count). The van der Waals surface area contributed by atoms with Gasteiger partial charge in [-0.15, -0.1) is 0 Å². The number of carbonyl (C=O) groups is 1. The Kier molecular flexibility index (Phi) is 6.47. The van der Waals surface area contributed by atoms with Gasteiger partial charge in [0.1, 0.15) is 5.75 Å². The molecule has 0 aliphatic heterocycles. The van der Waals surface area contributed by atoms with E-state index in [9.17, 15) is 4.79 Å². The number of halogens is 1. The first kappa shape index (κ1) is 17.3. The fraction of sp³-hybridized carbons (Fsp3) is 0.278. The maximum absolute atomic E-state index is 11.8. The molecule has 0 heterocycles. The van der Waals surface area contributed by atoms with Crippen molar-refractivity contribution in [3.63, 3.8) is 0 Å². The highest BCUT2D eigenvalue weighted by Gasteiger charge is 2.04. The molecule has 0 radical (unpaired) electrons. The number of anilines is 1. The molecule has 122 valence electrons. The van der Waals surface area contributed by atoms with Gasteiger partial charge in [-0.25, -0.2) is 4.79 Å². The summed E-state index contributed by atoms with van der Waals surface area (Å²) in [6, 6.07) is 13.5. The van der Waals surface area contributed by atoms with Crippen LogP contribution in [0.5, 0.6) is 5.75 Å². The van der Waals surface area contributed by atoms with Crippen molar-refractivity contribution >= 4 is 27.6 Å². The SMILES string of the molecule is Cc1ccc(OCCCNC(=O)Nc2ccc(Br)cc2C)cc1. The molecule has 0 fully saturated rings. The van der Waals surface area contributed by atoms with E-state index < -0.39 is 0 Å². The number of aryl methyl sites for hydroxylation is 2. The second-order valence-electron chi connectivity index (χ2n) is 5.36. The van der Waals surface area contributed by atoms with Crippen molar-refractivity contribution < 1.29 is 9.53 Å². The molecule has 23 heavy (non-hydrogen) atoms. The summed E-state index contributed by atoms with van der Waals surface area (Å²) in [5.41, 5.74) is 3.03. The Morgan fingerprint density at radius 1 is 1.13 bits per heavy atom. The maximum atomic E-state index is 11.8. The van der Waals surface area contributed by atoms with Crippen LogP contribution in [-0.4, -0.2) is 19.2 Å². The summed E-state index contributed by atoms with van der Waals surface area (Å²) in [7, 11) is 0. The van der Waals surface area contributed by atoms with Gasteiger partial charge in [-0.1, -0.05) is 33.6 Å². The highest BCUT2D eigenvalue weighted by molar-refractivity contribution is 9.10. The summed E-state index contributed by atoms with van der Waals surface area (Å²) in [6.07, 6.45) is 0.751. The zero-order valence-electron chi connectivity index (χ0n) is 13.4. The summed E-state index contributed by atoms with van der Waals surface area (Å²) < 4.78 is 6.61. The smallest absolute Gasteiger partial charge is 0.319 e. The number of amides is 2. The molecule has 5 heteroatoms. The molecule has 0 aliphatic carbocycles. The molecule has 2 N–H and O–H groups in total. The lowest BCUT2D eigenvalue weighted by Gasteiger charge is -2.10. The van der Waals surface area contributed by atoms with E-state index in [1.54, 1.807) is 0 Å². The van der Waals surface area contributed by atoms with E-state index in [1.807, 2.05) is 56.3 Å². The summed E-state index contributed by atoms with van der Waals surface area (Å²) in [5, 5.41) is 5.67. The number of benzene rings is 2. The molecule has 2 aromatic carbocycles. The van der Waals surface area contributed by atoms with Crippen molar-refractivity contribution in [1.82, 2.24) is 5.32 Å². The molecule has 0 unspecified atom stereocenters. The second kappa shape index (κ2) is 8.58. The second-order valence-corrected chi connectivity index (χ2v) is 6.27. The topological polar surface area (TPSA) is 50.4 Å². The van der Waals surface area contributed by atoms with Gasteiger partial charge in [-0.2, -0.15) is 0 Å². The largest absolute Gasteiger partial charge is 0.494 e. The first-order valence-electron chi connectivity index (χ1n) is 7.55. The Hall–Kier alpha value is -2.01. The minimum atomic E-state index is -0.203. The number of urea groups is 1. The van der Waals surface area contributed by atoms with Crippen LogP contribution in [0.25, 0.3) is 0 Å². The molecule has 4 nitrogen and oxygen atoms in total. The number of rotatable bonds is 6. The van der Waals surface area contributed by atoms with Crippen LogP contribution in [0, 0.1) is 13.8 Å². The van der Waals surface area contributed by atoms with E-state index >= 15 is 0 Å². The molecule has 0 atom stereocenters. The van der Waals surface area contributed by atoms with Crippen LogP contribution in [0.2, 0.25) is 0 Å². The summed E-state index contributed by atoms with van der Waals surface area (Å²) in [4.78, 5) is 11.8. The molecule has 0 saturated heterocycles. The number of nitrogens with one attached hydrogen (secondary N) is 2. The van der Waals surface area contributed by atoms with E-state index in [-0.39, 0.29) is 6.03 Å². The van der Waals surface area contributed by atoms with Crippen molar-refractivity contribution in [3.8, 4) is 5.75 Å². The molecule has 0 spiro atoms. The molecule has 2 amide bonds. The van der Waals surface area contributed by atoms with Crippen molar-refractivity contribution in [1.29, 1.82) is 0 Å². The first-order valence-corrected chi connectivity index (χ1v) is 8.34. The van der Waals surface area contributed by atoms with Gasteiger partial charge in [-0.3, -0.25) is 0 Å². The third-order valence-electron chi connectivity index (χ3n) is 3.33. The van der Waals surface area contributed by atoms with Crippen LogP contribution in [0.1, 0.15) is 17.5 Å². The Bertz CT molecular complexity index is 657. The lowest BCUT2D eigenvalue weighted by atomic mass is 10.2. The molecular formula is C18H21BrN2O2. The normalized spacial score (nSPS) is 10.2. The third-order valence-corrected chi connectivity index (χ3v) is 3.83. The average molecular weight is 377 g/mol. The minimum Gasteiger partial charge on any atom is -0.494 e. The van der Waals surface area contributed by atoms with Crippen LogP contribution in [0.3, 0.4) is 0 Å². The van der Waals surface area contributed by atoms with Crippen LogP contribution >= 0.6 is 15.9 Å². The summed E-state index contributed by atoms with van der Waals surface area (Å²) >= 11 is 3.40. The minimum absolute atomic E-state index is 0.203. The van der Waals surface area contributed by atoms with E-state index in [4.69, 9.17) is 4.74 Å². The van der Waals surface area contributed by atoms with E-state index in [0.717, 1.165) is 27.9 Å². The predicted molar refractivity (Wildman–Crippen MR) is 97.2 cm³/mol. The average Bonchev–Trinajstić information content (AvgIpc) is 2.51. The van der Waals surface area contributed by atoms with Crippen LogP contribution in [0.15, 0.2) is 46.9 Å². The Labute approximate surface area is 145 Å². The van der Waals surface area contributed by atoms with Crippen molar-refractivity contribution in [2.24, 2.45) is 0 Å². The zero-order valence-corrected chi connectivity index (χ0v) is 14.9. The van der Waals surface area contributed by atoms with Crippen molar-refractivity contribution in [2.75, 3.05) is 18.5 Å². The number of hydrogen-bond donors (Lipinski definition) is 2. The van der Waals surface area contributed by atoms with Gasteiger partial charge in [0, 0.05) is 16.7 Å². The van der Waals surface area contributed by atoms with E-state index in [2.05, 4.69) is 26.6 Å².